The maximum Gasteiger partial charge on any atom is 0.268 e. The fourth-order valence-electron chi connectivity index (χ4n) is 3.33. The molecule has 0 saturated heterocycles. The van der Waals surface area contributed by atoms with Gasteiger partial charge in [-0.3, -0.25) is 4.99 Å². The Balaban J connectivity index is 2.09. The van der Waals surface area contributed by atoms with E-state index >= 15 is 0 Å². The van der Waals surface area contributed by atoms with Gasteiger partial charge in [0.1, 0.15) is 5.75 Å². The van der Waals surface area contributed by atoms with E-state index < -0.39 is 10.0 Å². The number of nitrogens with zero attached hydrogens (tertiary/aromatic N) is 2. The minimum Gasteiger partial charge on any atom is -0.496 e. The summed E-state index contributed by atoms with van der Waals surface area (Å²) in [6.07, 6.45) is 2.35. The van der Waals surface area contributed by atoms with Crippen molar-refractivity contribution in [2.45, 2.75) is 18.2 Å². The largest absolute Gasteiger partial charge is 0.496 e. The van der Waals surface area contributed by atoms with Crippen molar-refractivity contribution in [2.75, 3.05) is 13.7 Å². The van der Waals surface area contributed by atoms with E-state index in [-0.39, 0.29) is 4.90 Å². The number of rotatable bonds is 3. The van der Waals surface area contributed by atoms with E-state index in [0.29, 0.717) is 29.9 Å². The van der Waals surface area contributed by atoms with Gasteiger partial charge >= 0.3 is 0 Å². The number of ether oxygens (including phenoxy) is 1. The van der Waals surface area contributed by atoms with Crippen LogP contribution in [0.4, 0.5) is 0 Å². The van der Waals surface area contributed by atoms with Crippen molar-refractivity contribution < 1.29 is 13.2 Å². The van der Waals surface area contributed by atoms with Crippen LogP contribution in [-0.2, 0) is 16.4 Å². The molecular formula is C19H18N2O3S. The number of benzene rings is 2. The third kappa shape index (κ3) is 2.36. The minimum absolute atomic E-state index is 0.264. The molecule has 4 rings (SSSR count). The quantitative estimate of drug-likeness (QED) is 0.726. The van der Waals surface area contributed by atoms with E-state index in [4.69, 9.17) is 4.74 Å². The molecule has 0 atom stereocenters. The van der Waals surface area contributed by atoms with Gasteiger partial charge in [-0.1, -0.05) is 23.8 Å². The molecule has 1 aromatic heterocycles. The van der Waals surface area contributed by atoms with Crippen molar-refractivity contribution in [3.63, 3.8) is 0 Å². The monoisotopic (exact) mass is 354 g/mol. The lowest BCUT2D eigenvalue weighted by atomic mass is 10.1. The van der Waals surface area contributed by atoms with Crippen LogP contribution in [0.15, 0.2) is 52.4 Å². The molecule has 2 aromatic carbocycles. The summed E-state index contributed by atoms with van der Waals surface area (Å²) >= 11 is 0. The smallest absolute Gasteiger partial charge is 0.268 e. The number of aliphatic imine (C=N–C) groups is 1. The zero-order chi connectivity index (χ0) is 17.6. The number of methoxy groups -OCH3 is 1. The highest BCUT2D eigenvalue weighted by Crippen LogP contribution is 2.36. The lowest BCUT2D eigenvalue weighted by molar-refractivity contribution is 0.419. The number of hydrogen-bond donors (Lipinski definition) is 0. The van der Waals surface area contributed by atoms with Gasteiger partial charge < -0.3 is 4.74 Å². The number of aryl methyl sites for hydroxylation is 1. The fourth-order valence-corrected chi connectivity index (χ4v) is 4.85. The van der Waals surface area contributed by atoms with Crippen molar-refractivity contribution in [3.05, 3.63) is 59.3 Å². The highest BCUT2D eigenvalue weighted by Gasteiger charge is 2.28. The van der Waals surface area contributed by atoms with Gasteiger partial charge in [-0.25, -0.2) is 12.4 Å². The summed E-state index contributed by atoms with van der Waals surface area (Å²) in [7, 11) is -2.13. The second-order valence-corrected chi connectivity index (χ2v) is 7.87. The van der Waals surface area contributed by atoms with E-state index in [0.717, 1.165) is 16.5 Å². The molecular weight excluding hydrogens is 336 g/mol. The molecule has 128 valence electrons. The predicted octanol–water partition coefficient (Wildman–Crippen LogP) is 3.17. The zero-order valence-corrected chi connectivity index (χ0v) is 14.9. The summed E-state index contributed by atoms with van der Waals surface area (Å²) in [4.78, 5) is 4.56. The van der Waals surface area contributed by atoms with Gasteiger partial charge in [0, 0.05) is 18.1 Å². The van der Waals surface area contributed by atoms with Gasteiger partial charge in [0.25, 0.3) is 10.0 Å². The standard InChI is InChI=1S/C19H18N2O3S/c1-13-6-8-14(9-7-13)25(22,23)21-16-4-3-5-18(24-2)19(16)15-10-11-20-12-17(15)21/h3-9,12H,10-11H2,1-2H3. The lowest BCUT2D eigenvalue weighted by Crippen LogP contribution is -2.17. The molecule has 0 aliphatic carbocycles. The van der Waals surface area contributed by atoms with Crippen molar-refractivity contribution in [2.24, 2.45) is 4.99 Å². The molecule has 5 nitrogen and oxygen atoms in total. The molecule has 0 bridgehead atoms. The van der Waals surface area contributed by atoms with Crippen molar-refractivity contribution in [3.8, 4) is 5.75 Å². The highest BCUT2D eigenvalue weighted by molar-refractivity contribution is 7.90. The zero-order valence-electron chi connectivity index (χ0n) is 14.1. The first-order chi connectivity index (χ1) is 12.0. The SMILES string of the molecule is COc1cccc2c1c1c(n2S(=O)(=O)c2ccc(C)cc2)C=NCC1. The van der Waals surface area contributed by atoms with Crippen LogP contribution in [-0.4, -0.2) is 32.3 Å². The summed E-state index contributed by atoms with van der Waals surface area (Å²) in [6.45, 7) is 2.58. The summed E-state index contributed by atoms with van der Waals surface area (Å²) in [5.74, 6) is 0.682. The summed E-state index contributed by atoms with van der Waals surface area (Å²) < 4.78 is 33.6. The van der Waals surface area contributed by atoms with Crippen molar-refractivity contribution in [1.29, 1.82) is 0 Å². The minimum atomic E-state index is -3.74. The van der Waals surface area contributed by atoms with E-state index in [9.17, 15) is 8.42 Å². The van der Waals surface area contributed by atoms with E-state index in [2.05, 4.69) is 4.99 Å². The topological polar surface area (TPSA) is 60.7 Å². The Morgan fingerprint density at radius 2 is 1.88 bits per heavy atom. The van der Waals surface area contributed by atoms with Crippen molar-refractivity contribution in [1.82, 2.24) is 3.97 Å². The summed E-state index contributed by atoms with van der Waals surface area (Å²) in [5, 5.41) is 0.849. The van der Waals surface area contributed by atoms with Crippen LogP contribution in [0.25, 0.3) is 10.9 Å². The van der Waals surface area contributed by atoms with E-state index in [1.165, 1.54) is 3.97 Å². The fraction of sp³-hybridized carbons (Fsp3) is 0.211. The summed E-state index contributed by atoms with van der Waals surface area (Å²) in [6, 6.07) is 12.4. The van der Waals surface area contributed by atoms with Crippen LogP contribution in [0.1, 0.15) is 16.8 Å². The Morgan fingerprint density at radius 1 is 1.12 bits per heavy atom. The van der Waals surface area contributed by atoms with Crippen molar-refractivity contribution >= 4 is 27.1 Å². The van der Waals surface area contributed by atoms with Crippen LogP contribution >= 0.6 is 0 Å². The van der Waals surface area contributed by atoms with Gasteiger partial charge in [0.2, 0.25) is 0 Å². The first kappa shape index (κ1) is 15.9. The third-order valence-corrected chi connectivity index (χ3v) is 6.28. The number of hydrogen-bond acceptors (Lipinski definition) is 4. The number of fused-ring (bicyclic) bond motifs is 3. The molecule has 0 fully saturated rings. The van der Waals surface area contributed by atoms with E-state index in [1.54, 1.807) is 37.6 Å². The predicted molar refractivity (Wildman–Crippen MR) is 98.4 cm³/mol. The Kier molecular flexibility index (Phi) is 3.65. The molecule has 25 heavy (non-hydrogen) atoms. The average Bonchev–Trinajstić information content (AvgIpc) is 2.97. The Bertz CT molecular complexity index is 1090. The molecule has 6 heteroatoms. The molecule has 0 amide bonds. The molecule has 0 unspecified atom stereocenters. The first-order valence-electron chi connectivity index (χ1n) is 8.06. The van der Waals surface area contributed by atoms with E-state index in [1.807, 2.05) is 25.1 Å². The molecule has 3 aromatic rings. The number of aromatic nitrogens is 1. The van der Waals surface area contributed by atoms with Crippen LogP contribution in [0, 0.1) is 6.92 Å². The molecule has 2 heterocycles. The molecule has 0 spiro atoms. The van der Waals surface area contributed by atoms with Crippen LogP contribution in [0.5, 0.6) is 5.75 Å². The molecule has 0 radical (unpaired) electrons. The third-order valence-electron chi connectivity index (χ3n) is 4.54. The Hall–Kier alpha value is -2.60. The average molecular weight is 354 g/mol. The molecule has 1 aliphatic rings. The van der Waals surface area contributed by atoms with Gasteiger partial charge in [0.15, 0.2) is 0 Å². The van der Waals surface area contributed by atoms with Crippen LogP contribution in [0.2, 0.25) is 0 Å². The maximum absolute atomic E-state index is 13.4. The maximum atomic E-state index is 13.4. The molecule has 0 saturated carbocycles. The summed E-state index contributed by atoms with van der Waals surface area (Å²) in [5.41, 5.74) is 3.23. The first-order valence-corrected chi connectivity index (χ1v) is 9.50. The molecule has 0 N–H and O–H groups in total. The van der Waals surface area contributed by atoms with Gasteiger partial charge in [0.05, 0.1) is 23.2 Å². The van der Waals surface area contributed by atoms with Crippen LogP contribution in [0.3, 0.4) is 0 Å². The van der Waals surface area contributed by atoms with Gasteiger partial charge in [-0.2, -0.15) is 0 Å². The normalized spacial score (nSPS) is 13.8. The Labute approximate surface area is 146 Å². The highest BCUT2D eigenvalue weighted by atomic mass is 32.2. The molecule has 1 aliphatic heterocycles. The van der Waals surface area contributed by atoms with Gasteiger partial charge in [-0.05, 0) is 43.2 Å². The van der Waals surface area contributed by atoms with Gasteiger partial charge in [-0.15, -0.1) is 0 Å². The lowest BCUT2D eigenvalue weighted by Gasteiger charge is -2.12. The second kappa shape index (κ2) is 5.74. The van der Waals surface area contributed by atoms with Crippen LogP contribution < -0.4 is 4.74 Å². The Morgan fingerprint density at radius 3 is 2.60 bits per heavy atom. The second-order valence-electron chi connectivity index (χ2n) is 6.09.